The lowest BCUT2D eigenvalue weighted by molar-refractivity contribution is -0.143. The number of benzene rings is 1. The molecule has 0 radical (unpaired) electrons. The molecule has 0 bridgehead atoms. The molecule has 0 N–H and O–H groups in total. The largest absolute Gasteiger partial charge is 0.493 e. The van der Waals surface area contributed by atoms with Gasteiger partial charge in [-0.1, -0.05) is 6.07 Å². The van der Waals surface area contributed by atoms with Crippen molar-refractivity contribution < 1.29 is 14.3 Å². The quantitative estimate of drug-likeness (QED) is 0.553. The van der Waals surface area contributed by atoms with Crippen LogP contribution in [0.15, 0.2) is 18.2 Å². The number of carbonyl (C=O) groups is 1. The lowest BCUT2D eigenvalue weighted by Gasteiger charge is -2.19. The minimum Gasteiger partial charge on any atom is -0.493 e. The van der Waals surface area contributed by atoms with Crippen molar-refractivity contribution in [3.05, 3.63) is 23.8 Å². The van der Waals surface area contributed by atoms with Gasteiger partial charge in [-0.3, -0.25) is 4.79 Å². The lowest BCUT2D eigenvalue weighted by atomic mass is 9.97. The third kappa shape index (κ3) is 2.78. The average molecular weight is 234 g/mol. The van der Waals surface area contributed by atoms with Crippen molar-refractivity contribution in [2.24, 2.45) is 5.41 Å². The first-order chi connectivity index (χ1) is 7.97. The molecule has 3 heteroatoms. The smallest absolute Gasteiger partial charge is 0.316 e. The van der Waals surface area contributed by atoms with Crippen molar-refractivity contribution >= 4 is 5.97 Å². The first kappa shape index (κ1) is 12.0. The zero-order valence-electron chi connectivity index (χ0n) is 10.6. The van der Waals surface area contributed by atoms with E-state index in [0.29, 0.717) is 5.75 Å². The van der Waals surface area contributed by atoms with Crippen LogP contribution in [-0.2, 0) is 11.2 Å². The first-order valence-corrected chi connectivity index (χ1v) is 5.95. The van der Waals surface area contributed by atoms with Gasteiger partial charge in [0.1, 0.15) is 11.5 Å². The number of aryl methyl sites for hydroxylation is 1. The highest BCUT2D eigenvalue weighted by atomic mass is 16.5. The predicted molar refractivity (Wildman–Crippen MR) is 65.3 cm³/mol. The molecule has 1 heterocycles. The predicted octanol–water partition coefficient (Wildman–Crippen LogP) is 2.96. The zero-order chi connectivity index (χ0) is 12.5. The number of rotatable bonds is 1. The summed E-state index contributed by atoms with van der Waals surface area (Å²) in [6.45, 7) is 6.25. The summed E-state index contributed by atoms with van der Waals surface area (Å²) >= 11 is 0. The first-order valence-electron chi connectivity index (χ1n) is 5.95. The van der Waals surface area contributed by atoms with Crippen LogP contribution < -0.4 is 9.47 Å². The summed E-state index contributed by atoms with van der Waals surface area (Å²) in [5.41, 5.74) is 0.698. The molecule has 1 aliphatic heterocycles. The lowest BCUT2D eigenvalue weighted by Crippen LogP contribution is -2.25. The van der Waals surface area contributed by atoms with E-state index in [1.165, 1.54) is 5.56 Å². The molecule has 0 aliphatic carbocycles. The Morgan fingerprint density at radius 1 is 1.35 bits per heavy atom. The van der Waals surface area contributed by atoms with Gasteiger partial charge in [0.2, 0.25) is 0 Å². The summed E-state index contributed by atoms with van der Waals surface area (Å²) in [7, 11) is 0. The van der Waals surface area contributed by atoms with E-state index in [4.69, 9.17) is 9.47 Å². The Morgan fingerprint density at radius 2 is 2.12 bits per heavy atom. The average Bonchev–Trinajstić information content (AvgIpc) is 2.27. The Balaban J connectivity index is 2.15. The second-order valence-electron chi connectivity index (χ2n) is 5.36. The second kappa shape index (κ2) is 4.40. The molecule has 0 amide bonds. The molecule has 0 atom stereocenters. The molecule has 0 unspecified atom stereocenters. The Labute approximate surface area is 102 Å². The van der Waals surface area contributed by atoms with Crippen LogP contribution in [0, 0.1) is 5.41 Å². The van der Waals surface area contributed by atoms with Crippen LogP contribution in [0.5, 0.6) is 11.5 Å². The van der Waals surface area contributed by atoms with E-state index in [9.17, 15) is 4.79 Å². The van der Waals surface area contributed by atoms with Crippen molar-refractivity contribution in [2.75, 3.05) is 6.61 Å². The third-order valence-electron chi connectivity index (χ3n) is 2.71. The minimum atomic E-state index is -0.489. The molecule has 1 aromatic rings. The van der Waals surface area contributed by atoms with E-state index in [1.54, 1.807) is 6.07 Å². The molecule has 92 valence electrons. The van der Waals surface area contributed by atoms with Crippen molar-refractivity contribution in [2.45, 2.75) is 33.6 Å². The molecule has 3 nitrogen and oxygen atoms in total. The Hall–Kier alpha value is -1.51. The number of hydrogen-bond donors (Lipinski definition) is 0. The van der Waals surface area contributed by atoms with Gasteiger partial charge < -0.3 is 9.47 Å². The van der Waals surface area contributed by atoms with E-state index < -0.39 is 5.41 Å². The fraction of sp³-hybridized carbons (Fsp3) is 0.500. The van der Waals surface area contributed by atoms with E-state index in [-0.39, 0.29) is 5.97 Å². The van der Waals surface area contributed by atoms with Crippen molar-refractivity contribution in [3.63, 3.8) is 0 Å². The van der Waals surface area contributed by atoms with Crippen LogP contribution in [0.2, 0.25) is 0 Å². The van der Waals surface area contributed by atoms with Gasteiger partial charge in [0.25, 0.3) is 0 Å². The molecular formula is C14H18O3. The maximum atomic E-state index is 11.7. The summed E-state index contributed by atoms with van der Waals surface area (Å²) in [5, 5.41) is 0. The van der Waals surface area contributed by atoms with Gasteiger partial charge in [-0.15, -0.1) is 0 Å². The molecule has 0 aromatic heterocycles. The highest BCUT2D eigenvalue weighted by Gasteiger charge is 2.24. The fourth-order valence-electron chi connectivity index (χ4n) is 1.64. The number of carbonyl (C=O) groups excluding carboxylic acids is 1. The van der Waals surface area contributed by atoms with Gasteiger partial charge in [-0.2, -0.15) is 0 Å². The molecule has 1 aliphatic rings. The van der Waals surface area contributed by atoms with Crippen molar-refractivity contribution in [1.82, 2.24) is 0 Å². The van der Waals surface area contributed by atoms with Crippen LogP contribution in [-0.4, -0.2) is 12.6 Å². The van der Waals surface area contributed by atoms with E-state index >= 15 is 0 Å². The third-order valence-corrected chi connectivity index (χ3v) is 2.71. The molecule has 0 spiro atoms. The zero-order valence-corrected chi connectivity index (χ0v) is 10.6. The van der Waals surface area contributed by atoms with Crippen LogP contribution in [0.4, 0.5) is 0 Å². The van der Waals surface area contributed by atoms with E-state index in [2.05, 4.69) is 0 Å². The Bertz CT molecular complexity index is 430. The highest BCUT2D eigenvalue weighted by Crippen LogP contribution is 2.30. The van der Waals surface area contributed by atoms with Gasteiger partial charge in [-0.05, 0) is 45.2 Å². The SMILES string of the molecule is CC(C)(C)C(=O)Oc1ccc2c(c1)OCCC2. The molecule has 0 fully saturated rings. The maximum absolute atomic E-state index is 11.7. The fourth-order valence-corrected chi connectivity index (χ4v) is 1.64. The summed E-state index contributed by atoms with van der Waals surface area (Å²) in [6.07, 6.45) is 2.08. The van der Waals surface area contributed by atoms with E-state index in [1.807, 2.05) is 32.9 Å². The summed E-state index contributed by atoms with van der Waals surface area (Å²) in [6, 6.07) is 5.61. The monoisotopic (exact) mass is 234 g/mol. The molecule has 0 saturated carbocycles. The molecule has 2 rings (SSSR count). The molecule has 1 aromatic carbocycles. The summed E-state index contributed by atoms with van der Waals surface area (Å²) in [5.74, 6) is 1.18. The van der Waals surface area contributed by atoms with E-state index in [0.717, 1.165) is 25.2 Å². The molecular weight excluding hydrogens is 216 g/mol. The topological polar surface area (TPSA) is 35.5 Å². The van der Waals surface area contributed by atoms with Gasteiger partial charge in [0.05, 0.1) is 12.0 Å². The number of esters is 1. The standard InChI is InChI=1S/C14H18O3/c1-14(2,3)13(15)17-11-7-6-10-5-4-8-16-12(10)9-11/h6-7,9H,4-5,8H2,1-3H3. The van der Waals surface area contributed by atoms with Crippen LogP contribution in [0.25, 0.3) is 0 Å². The summed E-state index contributed by atoms with van der Waals surface area (Å²) < 4.78 is 10.9. The van der Waals surface area contributed by atoms with Crippen LogP contribution in [0.1, 0.15) is 32.8 Å². The Kier molecular flexibility index (Phi) is 3.09. The van der Waals surface area contributed by atoms with Crippen molar-refractivity contribution in [1.29, 1.82) is 0 Å². The van der Waals surface area contributed by atoms with Crippen LogP contribution >= 0.6 is 0 Å². The molecule has 17 heavy (non-hydrogen) atoms. The van der Waals surface area contributed by atoms with Gasteiger partial charge in [0, 0.05) is 6.07 Å². The van der Waals surface area contributed by atoms with Gasteiger partial charge >= 0.3 is 5.97 Å². The Morgan fingerprint density at radius 3 is 2.82 bits per heavy atom. The number of ether oxygens (including phenoxy) is 2. The molecule has 0 saturated heterocycles. The number of fused-ring (bicyclic) bond motifs is 1. The number of hydrogen-bond acceptors (Lipinski definition) is 3. The minimum absolute atomic E-state index is 0.228. The van der Waals surface area contributed by atoms with Crippen molar-refractivity contribution in [3.8, 4) is 11.5 Å². The van der Waals surface area contributed by atoms with Gasteiger partial charge in [0.15, 0.2) is 0 Å². The summed E-state index contributed by atoms with van der Waals surface area (Å²) in [4.78, 5) is 11.7. The normalized spacial score (nSPS) is 14.8. The van der Waals surface area contributed by atoms with Gasteiger partial charge in [-0.25, -0.2) is 0 Å². The highest BCUT2D eigenvalue weighted by molar-refractivity contribution is 5.78. The maximum Gasteiger partial charge on any atom is 0.316 e. The van der Waals surface area contributed by atoms with Crippen LogP contribution in [0.3, 0.4) is 0 Å². The second-order valence-corrected chi connectivity index (χ2v) is 5.36.